The molecule has 0 bridgehead atoms. The summed E-state index contributed by atoms with van der Waals surface area (Å²) in [6, 6.07) is 2.79. The molecule has 0 N–H and O–H groups in total. The van der Waals surface area contributed by atoms with E-state index in [-0.39, 0.29) is 0 Å². The molecule has 2 rings (SSSR count). The van der Waals surface area contributed by atoms with Crippen LogP contribution in [0.25, 0.3) is 0 Å². The molecule has 0 spiro atoms. The molecule has 1 unspecified atom stereocenters. The number of aromatic nitrogens is 1. The van der Waals surface area contributed by atoms with Crippen LogP contribution in [0.4, 0.5) is 5.69 Å². The summed E-state index contributed by atoms with van der Waals surface area (Å²) in [5.41, 5.74) is 1.29. The van der Waals surface area contributed by atoms with Gasteiger partial charge in [-0.25, -0.2) is 0 Å². The topological polar surface area (TPSA) is 16.1 Å². The van der Waals surface area contributed by atoms with Gasteiger partial charge in [0.05, 0.1) is 10.2 Å². The number of hydrogen-bond donors (Lipinski definition) is 0. The fourth-order valence-corrected chi connectivity index (χ4v) is 3.33. The molecule has 1 aliphatic heterocycles. The molecule has 1 aromatic heterocycles. The van der Waals surface area contributed by atoms with Crippen molar-refractivity contribution in [2.75, 3.05) is 23.5 Å². The van der Waals surface area contributed by atoms with E-state index in [0.717, 1.165) is 4.47 Å². The van der Waals surface area contributed by atoms with Crippen molar-refractivity contribution in [3.63, 3.8) is 0 Å². The Morgan fingerprint density at radius 3 is 3.27 bits per heavy atom. The molecule has 82 valence electrons. The van der Waals surface area contributed by atoms with Crippen LogP contribution in [-0.2, 0) is 0 Å². The number of pyridine rings is 1. The maximum atomic E-state index is 4.11. The van der Waals surface area contributed by atoms with Gasteiger partial charge in [-0.15, -0.1) is 0 Å². The standard InChI is InChI=1S/C11H15BrN2S/c1-15-8-9-3-2-6-14(9)11-4-5-13-7-10(11)12/h4-5,7,9H,2-3,6,8H2,1H3. The fraction of sp³-hybridized carbons (Fsp3) is 0.545. The van der Waals surface area contributed by atoms with Crippen LogP contribution in [0.5, 0.6) is 0 Å². The summed E-state index contributed by atoms with van der Waals surface area (Å²) in [5.74, 6) is 1.22. The Morgan fingerprint density at radius 1 is 1.67 bits per heavy atom. The van der Waals surface area contributed by atoms with Crippen molar-refractivity contribution in [3.8, 4) is 0 Å². The summed E-state index contributed by atoms with van der Waals surface area (Å²) >= 11 is 5.50. The summed E-state index contributed by atoms with van der Waals surface area (Å²) < 4.78 is 1.11. The SMILES string of the molecule is CSCC1CCCN1c1ccncc1Br. The van der Waals surface area contributed by atoms with Gasteiger partial charge in [0.2, 0.25) is 0 Å². The van der Waals surface area contributed by atoms with E-state index in [1.165, 1.54) is 30.8 Å². The van der Waals surface area contributed by atoms with Gasteiger partial charge in [-0.1, -0.05) is 0 Å². The largest absolute Gasteiger partial charge is 0.367 e. The van der Waals surface area contributed by atoms with Crippen molar-refractivity contribution in [2.45, 2.75) is 18.9 Å². The van der Waals surface area contributed by atoms with E-state index in [0.29, 0.717) is 6.04 Å². The van der Waals surface area contributed by atoms with E-state index in [2.05, 4.69) is 38.1 Å². The Bertz CT molecular complexity index is 332. The highest BCUT2D eigenvalue weighted by Gasteiger charge is 2.25. The predicted molar refractivity (Wildman–Crippen MR) is 70.7 cm³/mol. The zero-order valence-corrected chi connectivity index (χ0v) is 11.2. The lowest BCUT2D eigenvalue weighted by molar-refractivity contribution is 0.744. The van der Waals surface area contributed by atoms with Crippen molar-refractivity contribution in [1.82, 2.24) is 4.98 Å². The van der Waals surface area contributed by atoms with E-state index < -0.39 is 0 Å². The summed E-state index contributed by atoms with van der Waals surface area (Å²) in [7, 11) is 0. The normalized spacial score (nSPS) is 20.9. The van der Waals surface area contributed by atoms with E-state index in [1.54, 1.807) is 0 Å². The van der Waals surface area contributed by atoms with Crippen LogP contribution in [0, 0.1) is 0 Å². The molecule has 2 heterocycles. The summed E-state index contributed by atoms with van der Waals surface area (Å²) in [4.78, 5) is 6.61. The number of rotatable bonds is 3. The second-order valence-electron chi connectivity index (χ2n) is 3.77. The highest BCUT2D eigenvalue weighted by atomic mass is 79.9. The van der Waals surface area contributed by atoms with Gasteiger partial charge in [-0.2, -0.15) is 11.8 Å². The van der Waals surface area contributed by atoms with Gasteiger partial charge in [0.15, 0.2) is 0 Å². The van der Waals surface area contributed by atoms with Gasteiger partial charge >= 0.3 is 0 Å². The quantitative estimate of drug-likeness (QED) is 0.849. The van der Waals surface area contributed by atoms with Gasteiger partial charge in [0.25, 0.3) is 0 Å². The van der Waals surface area contributed by atoms with Crippen LogP contribution >= 0.6 is 27.7 Å². The molecule has 1 aromatic rings. The third-order valence-electron chi connectivity index (χ3n) is 2.80. The third kappa shape index (κ3) is 2.48. The van der Waals surface area contributed by atoms with Crippen molar-refractivity contribution in [1.29, 1.82) is 0 Å². The highest BCUT2D eigenvalue weighted by Crippen LogP contribution is 2.32. The van der Waals surface area contributed by atoms with Crippen LogP contribution in [-0.4, -0.2) is 29.6 Å². The Morgan fingerprint density at radius 2 is 2.53 bits per heavy atom. The number of thioether (sulfide) groups is 1. The molecular formula is C11H15BrN2S. The first-order chi connectivity index (χ1) is 7.33. The first kappa shape index (κ1) is 11.3. The Hall–Kier alpha value is -0.220. The molecule has 15 heavy (non-hydrogen) atoms. The first-order valence-corrected chi connectivity index (χ1v) is 7.36. The average Bonchev–Trinajstić information content (AvgIpc) is 2.67. The fourth-order valence-electron chi connectivity index (χ4n) is 2.12. The van der Waals surface area contributed by atoms with Gasteiger partial charge in [-0.3, -0.25) is 4.98 Å². The van der Waals surface area contributed by atoms with Gasteiger partial charge in [0, 0.05) is 30.7 Å². The van der Waals surface area contributed by atoms with E-state index in [1.807, 2.05) is 24.2 Å². The number of nitrogens with zero attached hydrogens (tertiary/aromatic N) is 2. The maximum Gasteiger partial charge on any atom is 0.0592 e. The summed E-state index contributed by atoms with van der Waals surface area (Å²) in [6.07, 6.45) is 8.55. The molecule has 0 amide bonds. The second-order valence-corrected chi connectivity index (χ2v) is 5.54. The van der Waals surface area contributed by atoms with E-state index in [9.17, 15) is 0 Å². The smallest absolute Gasteiger partial charge is 0.0592 e. The lowest BCUT2D eigenvalue weighted by Crippen LogP contribution is -2.31. The van der Waals surface area contributed by atoms with Crippen molar-refractivity contribution < 1.29 is 0 Å². The molecule has 0 aliphatic carbocycles. The molecule has 0 radical (unpaired) electrons. The van der Waals surface area contributed by atoms with E-state index in [4.69, 9.17) is 0 Å². The number of anilines is 1. The molecule has 1 aliphatic rings. The Labute approximate surface area is 104 Å². The van der Waals surface area contributed by atoms with Gasteiger partial charge in [-0.05, 0) is 41.1 Å². The van der Waals surface area contributed by atoms with Gasteiger partial charge < -0.3 is 4.90 Å². The minimum atomic E-state index is 0.693. The minimum absolute atomic E-state index is 0.693. The summed E-state index contributed by atoms with van der Waals surface area (Å²) in [6.45, 7) is 1.17. The molecule has 1 fully saturated rings. The number of halogens is 1. The maximum absolute atomic E-state index is 4.11. The van der Waals surface area contributed by atoms with Crippen molar-refractivity contribution >= 4 is 33.4 Å². The third-order valence-corrected chi connectivity index (χ3v) is 4.13. The monoisotopic (exact) mass is 286 g/mol. The molecule has 0 aromatic carbocycles. The molecule has 2 nitrogen and oxygen atoms in total. The van der Waals surface area contributed by atoms with Crippen LogP contribution < -0.4 is 4.90 Å². The van der Waals surface area contributed by atoms with Crippen LogP contribution in [0.1, 0.15) is 12.8 Å². The van der Waals surface area contributed by atoms with Crippen molar-refractivity contribution in [3.05, 3.63) is 22.9 Å². The zero-order chi connectivity index (χ0) is 10.7. The Kier molecular flexibility index (Phi) is 3.92. The average molecular weight is 287 g/mol. The molecule has 0 saturated carbocycles. The summed E-state index contributed by atoms with van der Waals surface area (Å²) in [5, 5.41) is 0. The lowest BCUT2D eigenvalue weighted by Gasteiger charge is -2.27. The van der Waals surface area contributed by atoms with E-state index >= 15 is 0 Å². The zero-order valence-electron chi connectivity index (χ0n) is 8.82. The number of hydrogen-bond acceptors (Lipinski definition) is 3. The molecule has 1 saturated heterocycles. The predicted octanol–water partition coefficient (Wildman–Crippen LogP) is 3.18. The first-order valence-electron chi connectivity index (χ1n) is 5.18. The second kappa shape index (κ2) is 5.21. The molecular weight excluding hydrogens is 272 g/mol. The van der Waals surface area contributed by atoms with Crippen LogP contribution in [0.15, 0.2) is 22.9 Å². The van der Waals surface area contributed by atoms with Crippen LogP contribution in [0.3, 0.4) is 0 Å². The van der Waals surface area contributed by atoms with Crippen LogP contribution in [0.2, 0.25) is 0 Å². The lowest BCUT2D eigenvalue weighted by atomic mass is 10.2. The highest BCUT2D eigenvalue weighted by molar-refractivity contribution is 9.10. The molecule has 1 atom stereocenters. The molecule has 4 heteroatoms. The minimum Gasteiger partial charge on any atom is -0.367 e. The van der Waals surface area contributed by atoms with Crippen molar-refractivity contribution in [2.24, 2.45) is 0 Å². The van der Waals surface area contributed by atoms with Gasteiger partial charge in [0.1, 0.15) is 0 Å². The Balaban J connectivity index is 2.19.